The van der Waals surface area contributed by atoms with Crippen LogP contribution in [0.5, 0.6) is 0 Å². The highest BCUT2D eigenvalue weighted by Crippen LogP contribution is 2.21. The normalized spacial score (nSPS) is 11.4. The molecule has 5 heteroatoms. The summed E-state index contributed by atoms with van der Waals surface area (Å²) in [6.07, 6.45) is 1.15. The van der Waals surface area contributed by atoms with Gasteiger partial charge in [-0.1, -0.05) is 37.0 Å². The molecule has 0 atom stereocenters. The molecule has 0 bridgehead atoms. The number of nitrogens with one attached hydrogen (secondary N) is 1. The van der Waals surface area contributed by atoms with Crippen LogP contribution < -0.4 is 5.32 Å². The van der Waals surface area contributed by atoms with Gasteiger partial charge >= 0.3 is 0 Å². The van der Waals surface area contributed by atoms with Gasteiger partial charge < -0.3 is 10.4 Å². The number of rotatable bonds is 5. The van der Waals surface area contributed by atoms with Gasteiger partial charge in [0.25, 0.3) is 5.91 Å². The topological polar surface area (TPSA) is 49.3 Å². The van der Waals surface area contributed by atoms with E-state index in [1.165, 1.54) is 6.07 Å². The predicted molar refractivity (Wildman–Crippen MR) is 74.3 cm³/mol. The summed E-state index contributed by atoms with van der Waals surface area (Å²) in [5.41, 5.74) is -0.556. The zero-order valence-electron chi connectivity index (χ0n) is 10.5. The Hall–Kier alpha value is -0.770. The molecule has 1 rings (SSSR count). The minimum atomic E-state index is -0.874. The molecule has 100 valence electrons. The molecule has 1 aromatic carbocycles. The maximum Gasteiger partial charge on any atom is 0.252 e. The number of carbonyl (C=O) groups is 1. The Labute approximate surface area is 117 Å². The van der Waals surface area contributed by atoms with Crippen molar-refractivity contribution in [3.8, 4) is 0 Å². The zero-order chi connectivity index (χ0) is 13.8. The van der Waals surface area contributed by atoms with E-state index < -0.39 is 5.60 Å². The van der Waals surface area contributed by atoms with Crippen LogP contribution in [0, 0.1) is 0 Å². The van der Waals surface area contributed by atoms with Crippen LogP contribution in [0.4, 0.5) is 0 Å². The highest BCUT2D eigenvalue weighted by Gasteiger charge is 2.23. The van der Waals surface area contributed by atoms with E-state index in [0.717, 1.165) is 0 Å². The molecule has 0 aliphatic rings. The van der Waals surface area contributed by atoms with E-state index in [-0.39, 0.29) is 12.5 Å². The van der Waals surface area contributed by atoms with Crippen LogP contribution in [0.15, 0.2) is 18.2 Å². The summed E-state index contributed by atoms with van der Waals surface area (Å²) in [4.78, 5) is 11.9. The Bertz CT molecular complexity index is 431. The smallest absolute Gasteiger partial charge is 0.252 e. The van der Waals surface area contributed by atoms with Crippen molar-refractivity contribution >= 4 is 29.1 Å². The van der Waals surface area contributed by atoms with Crippen molar-refractivity contribution < 1.29 is 9.90 Å². The number of benzene rings is 1. The first kappa shape index (κ1) is 15.3. The molecule has 0 radical (unpaired) electrons. The van der Waals surface area contributed by atoms with Crippen LogP contribution in [0.3, 0.4) is 0 Å². The van der Waals surface area contributed by atoms with Gasteiger partial charge in [-0.25, -0.2) is 0 Å². The lowest BCUT2D eigenvalue weighted by Gasteiger charge is -2.25. The minimum Gasteiger partial charge on any atom is -0.388 e. The summed E-state index contributed by atoms with van der Waals surface area (Å²) in [5, 5.41) is 13.5. The van der Waals surface area contributed by atoms with E-state index in [1.54, 1.807) is 12.1 Å². The van der Waals surface area contributed by atoms with Crippen molar-refractivity contribution in [2.75, 3.05) is 6.54 Å². The van der Waals surface area contributed by atoms with E-state index in [9.17, 15) is 9.90 Å². The van der Waals surface area contributed by atoms with Gasteiger partial charge in [-0.3, -0.25) is 4.79 Å². The van der Waals surface area contributed by atoms with Crippen LogP contribution in [-0.2, 0) is 0 Å². The molecule has 3 nitrogen and oxygen atoms in total. The summed E-state index contributed by atoms with van der Waals surface area (Å²) in [6, 6.07) is 4.70. The molecule has 0 aliphatic heterocycles. The Balaban J connectivity index is 2.74. The molecule has 18 heavy (non-hydrogen) atoms. The summed E-state index contributed by atoms with van der Waals surface area (Å²) >= 11 is 11.7. The minimum absolute atomic E-state index is 0.196. The molecule has 0 aliphatic carbocycles. The molecule has 1 aromatic rings. The van der Waals surface area contributed by atoms with Gasteiger partial charge in [-0.05, 0) is 31.0 Å². The van der Waals surface area contributed by atoms with Gasteiger partial charge in [0.1, 0.15) is 0 Å². The van der Waals surface area contributed by atoms with E-state index in [1.807, 2.05) is 13.8 Å². The highest BCUT2D eigenvalue weighted by molar-refractivity contribution is 6.35. The van der Waals surface area contributed by atoms with Gasteiger partial charge in [0.05, 0.1) is 16.2 Å². The number of amides is 1. The summed E-state index contributed by atoms with van der Waals surface area (Å²) in [7, 11) is 0. The van der Waals surface area contributed by atoms with Crippen molar-refractivity contribution in [3.63, 3.8) is 0 Å². The van der Waals surface area contributed by atoms with Crippen molar-refractivity contribution in [2.45, 2.75) is 32.3 Å². The lowest BCUT2D eigenvalue weighted by atomic mass is 9.97. The van der Waals surface area contributed by atoms with Gasteiger partial charge in [0.15, 0.2) is 0 Å². The molecule has 0 saturated carbocycles. The van der Waals surface area contributed by atoms with Gasteiger partial charge in [-0.15, -0.1) is 0 Å². The maximum atomic E-state index is 11.9. The largest absolute Gasteiger partial charge is 0.388 e. The van der Waals surface area contributed by atoms with E-state index in [4.69, 9.17) is 23.2 Å². The number of carbonyl (C=O) groups excluding carboxylic acids is 1. The average molecular weight is 290 g/mol. The highest BCUT2D eigenvalue weighted by atomic mass is 35.5. The quantitative estimate of drug-likeness (QED) is 0.874. The molecule has 0 spiro atoms. The van der Waals surface area contributed by atoms with Gasteiger partial charge in [-0.2, -0.15) is 0 Å². The van der Waals surface area contributed by atoms with Crippen LogP contribution in [0.1, 0.15) is 37.0 Å². The average Bonchev–Trinajstić information content (AvgIpc) is 2.38. The lowest BCUT2D eigenvalue weighted by molar-refractivity contribution is 0.0314. The Morgan fingerprint density at radius 1 is 1.33 bits per heavy atom. The SMILES string of the molecule is CCC(O)(CC)CNC(=O)c1cc(Cl)ccc1Cl. The maximum absolute atomic E-state index is 11.9. The first-order valence-corrected chi connectivity index (χ1v) is 6.63. The van der Waals surface area contributed by atoms with Gasteiger partial charge in [0, 0.05) is 11.6 Å². The predicted octanol–water partition coefficient (Wildman–Crippen LogP) is 3.27. The molecular formula is C13H17Cl2NO2. The third kappa shape index (κ3) is 3.87. The van der Waals surface area contributed by atoms with Crippen molar-refractivity contribution in [3.05, 3.63) is 33.8 Å². The fourth-order valence-electron chi connectivity index (χ4n) is 1.51. The van der Waals surface area contributed by atoms with E-state index >= 15 is 0 Å². The molecule has 1 amide bonds. The fraction of sp³-hybridized carbons (Fsp3) is 0.462. The number of hydrogen-bond donors (Lipinski definition) is 2. The van der Waals surface area contributed by atoms with E-state index in [2.05, 4.69) is 5.32 Å². The first-order valence-electron chi connectivity index (χ1n) is 5.87. The van der Waals surface area contributed by atoms with Gasteiger partial charge in [0.2, 0.25) is 0 Å². The second-order valence-corrected chi connectivity index (χ2v) is 5.08. The third-order valence-corrected chi connectivity index (χ3v) is 3.63. The molecular weight excluding hydrogens is 273 g/mol. The summed E-state index contributed by atoms with van der Waals surface area (Å²) in [6.45, 7) is 3.95. The number of aliphatic hydroxyl groups is 1. The Morgan fingerprint density at radius 2 is 1.94 bits per heavy atom. The first-order chi connectivity index (χ1) is 8.41. The fourth-order valence-corrected chi connectivity index (χ4v) is 1.89. The third-order valence-electron chi connectivity index (χ3n) is 3.07. The molecule has 0 fully saturated rings. The molecule has 2 N–H and O–H groups in total. The molecule has 0 saturated heterocycles. The van der Waals surface area contributed by atoms with Crippen LogP contribution in [-0.4, -0.2) is 23.2 Å². The lowest BCUT2D eigenvalue weighted by Crippen LogP contribution is -2.42. The zero-order valence-corrected chi connectivity index (χ0v) is 12.0. The van der Waals surface area contributed by atoms with Crippen molar-refractivity contribution in [2.24, 2.45) is 0 Å². The summed E-state index contributed by atoms with van der Waals surface area (Å²) in [5.74, 6) is -0.331. The second-order valence-electron chi connectivity index (χ2n) is 4.24. The number of hydrogen-bond acceptors (Lipinski definition) is 2. The summed E-state index contributed by atoms with van der Waals surface area (Å²) < 4.78 is 0. The second kappa shape index (κ2) is 6.41. The number of halogens is 2. The Morgan fingerprint density at radius 3 is 2.50 bits per heavy atom. The molecule has 0 heterocycles. The molecule has 0 aromatic heterocycles. The van der Waals surface area contributed by atoms with Crippen molar-refractivity contribution in [1.82, 2.24) is 5.32 Å². The van der Waals surface area contributed by atoms with Crippen LogP contribution >= 0.6 is 23.2 Å². The van der Waals surface area contributed by atoms with Crippen LogP contribution in [0.25, 0.3) is 0 Å². The Kier molecular flexibility index (Phi) is 5.45. The van der Waals surface area contributed by atoms with E-state index in [0.29, 0.717) is 28.5 Å². The standard InChI is InChI=1S/C13H17Cl2NO2/c1-3-13(18,4-2)8-16-12(17)10-7-9(14)5-6-11(10)15/h5-7,18H,3-4,8H2,1-2H3,(H,16,17). The van der Waals surface area contributed by atoms with Crippen LogP contribution in [0.2, 0.25) is 10.0 Å². The van der Waals surface area contributed by atoms with Crippen molar-refractivity contribution in [1.29, 1.82) is 0 Å². The molecule has 0 unspecified atom stereocenters. The monoisotopic (exact) mass is 289 g/mol.